The fourth-order valence-electron chi connectivity index (χ4n) is 4.22. The van der Waals surface area contributed by atoms with E-state index in [2.05, 4.69) is 32.5 Å². The van der Waals surface area contributed by atoms with Crippen LogP contribution in [0.2, 0.25) is 0 Å². The number of rotatable bonds is 3. The molecular weight excluding hydrogens is 485 g/mol. The molecule has 0 bridgehead atoms. The fraction of sp³-hybridized carbons (Fsp3) is 0.182. The summed E-state index contributed by atoms with van der Waals surface area (Å²) in [6.45, 7) is 0. The summed E-state index contributed by atoms with van der Waals surface area (Å²) in [5, 5.41) is 4.73. The van der Waals surface area contributed by atoms with E-state index < -0.39 is 0 Å². The second kappa shape index (κ2) is 7.37. The molecule has 2 atom stereocenters. The number of fused-ring (bicyclic) bond motifs is 1. The van der Waals surface area contributed by atoms with Gasteiger partial charge in [0.2, 0.25) is 0 Å². The Morgan fingerprint density at radius 3 is 2.00 bits per heavy atom. The highest BCUT2D eigenvalue weighted by atomic mass is 127. The highest BCUT2D eigenvalue weighted by molar-refractivity contribution is 14.1. The molecule has 0 amide bonds. The number of halogens is 3. The van der Waals surface area contributed by atoms with Crippen molar-refractivity contribution in [1.82, 2.24) is 14.6 Å². The van der Waals surface area contributed by atoms with E-state index in [1.54, 1.807) is 35.0 Å². The van der Waals surface area contributed by atoms with Crippen LogP contribution in [0, 0.1) is 15.2 Å². The molecular formula is C22H17F2IN4. The lowest BCUT2D eigenvalue weighted by molar-refractivity contribution is 0.558. The Hall–Kier alpha value is -2.55. The number of nitrogens with zero attached hydrogens (tertiary/aromatic N) is 4. The zero-order valence-corrected chi connectivity index (χ0v) is 17.5. The molecule has 2 unspecified atom stereocenters. The third-order valence-electron chi connectivity index (χ3n) is 5.48. The molecule has 0 radical (unpaired) electrons. The van der Waals surface area contributed by atoms with Crippen molar-refractivity contribution < 1.29 is 8.78 Å². The Morgan fingerprint density at radius 1 is 0.862 bits per heavy atom. The first kappa shape index (κ1) is 18.5. The Morgan fingerprint density at radius 2 is 1.45 bits per heavy atom. The van der Waals surface area contributed by atoms with Crippen LogP contribution in [0.3, 0.4) is 0 Å². The summed E-state index contributed by atoms with van der Waals surface area (Å²) < 4.78 is 32.0. The lowest BCUT2D eigenvalue weighted by atomic mass is 10.0. The minimum Gasteiger partial charge on any atom is -0.340 e. The van der Waals surface area contributed by atoms with Gasteiger partial charge in [-0.05, 0) is 53.6 Å². The van der Waals surface area contributed by atoms with Gasteiger partial charge in [-0.15, -0.1) is 5.10 Å². The largest absolute Gasteiger partial charge is 0.340 e. The predicted octanol–water partition coefficient (Wildman–Crippen LogP) is 5.69. The van der Waals surface area contributed by atoms with E-state index in [0.717, 1.165) is 9.22 Å². The molecule has 7 heteroatoms. The first-order valence-electron chi connectivity index (χ1n) is 9.41. The predicted molar refractivity (Wildman–Crippen MR) is 116 cm³/mol. The molecule has 4 nitrogen and oxygen atoms in total. The number of hydrogen-bond acceptors (Lipinski definition) is 3. The van der Waals surface area contributed by atoms with Crippen LogP contribution < -0.4 is 4.90 Å². The van der Waals surface area contributed by atoms with Gasteiger partial charge >= 0.3 is 0 Å². The van der Waals surface area contributed by atoms with E-state index in [1.807, 2.05) is 24.4 Å². The molecule has 0 N–H and O–H groups in total. The summed E-state index contributed by atoms with van der Waals surface area (Å²) in [6, 6.07) is 14.9. The summed E-state index contributed by atoms with van der Waals surface area (Å²) in [5.74, 6) is 0.186. The third kappa shape index (κ3) is 3.08. The van der Waals surface area contributed by atoms with Gasteiger partial charge in [0, 0.05) is 23.5 Å². The summed E-state index contributed by atoms with van der Waals surface area (Å²) in [5.41, 5.74) is 1.94. The minimum absolute atomic E-state index is 0.237. The van der Waals surface area contributed by atoms with Crippen LogP contribution in [0.5, 0.6) is 0 Å². The van der Waals surface area contributed by atoms with E-state index in [1.165, 1.54) is 12.1 Å². The van der Waals surface area contributed by atoms with E-state index >= 15 is 0 Å². The van der Waals surface area contributed by atoms with Crippen molar-refractivity contribution >= 4 is 34.1 Å². The molecule has 0 saturated carbocycles. The maximum Gasteiger partial charge on any atom is 0.170 e. The van der Waals surface area contributed by atoms with Crippen LogP contribution in [0.1, 0.15) is 36.1 Å². The van der Waals surface area contributed by atoms with Gasteiger partial charge in [0.25, 0.3) is 0 Å². The second-order valence-electron chi connectivity index (χ2n) is 7.08. The van der Waals surface area contributed by atoms with Gasteiger partial charge in [-0.1, -0.05) is 36.4 Å². The summed E-state index contributed by atoms with van der Waals surface area (Å²) in [4.78, 5) is 6.48. The van der Waals surface area contributed by atoms with Crippen LogP contribution in [-0.4, -0.2) is 14.6 Å². The first-order valence-corrected chi connectivity index (χ1v) is 10.5. The Labute approximate surface area is 180 Å². The van der Waals surface area contributed by atoms with Gasteiger partial charge in [0.1, 0.15) is 15.2 Å². The molecule has 2 aromatic heterocycles. The average Bonchev–Trinajstić information content (AvgIpc) is 3.30. The molecule has 4 aromatic rings. The molecule has 5 rings (SSSR count). The van der Waals surface area contributed by atoms with Gasteiger partial charge < -0.3 is 4.90 Å². The standard InChI is InChI=1S/C22H17F2IN4/c23-16-8-3-1-6-14(16)18-10-11-19(15-7-2-4-9-17(15)24)29(18)22-20(25)21-26-12-5-13-28(21)27-22/h1-9,12-13,18-19H,10-11H2. The zero-order chi connectivity index (χ0) is 20.0. The Bertz CT molecular complexity index is 1140. The van der Waals surface area contributed by atoms with Crippen molar-refractivity contribution in [2.45, 2.75) is 24.9 Å². The molecule has 1 aliphatic heterocycles. The molecule has 146 valence electrons. The number of benzene rings is 2. The SMILES string of the molecule is Fc1ccccc1C1CCC(c2ccccc2F)N1c1nn2cccnc2c1I. The lowest BCUT2D eigenvalue weighted by Gasteiger charge is -2.31. The molecule has 2 aromatic carbocycles. The lowest BCUT2D eigenvalue weighted by Crippen LogP contribution is -2.28. The van der Waals surface area contributed by atoms with E-state index in [-0.39, 0.29) is 23.7 Å². The molecule has 1 aliphatic rings. The van der Waals surface area contributed by atoms with Crippen LogP contribution in [0.25, 0.3) is 5.65 Å². The van der Waals surface area contributed by atoms with Crippen LogP contribution in [-0.2, 0) is 0 Å². The van der Waals surface area contributed by atoms with Gasteiger partial charge in [-0.3, -0.25) is 0 Å². The topological polar surface area (TPSA) is 33.4 Å². The van der Waals surface area contributed by atoms with Crippen molar-refractivity contribution in [3.8, 4) is 0 Å². The van der Waals surface area contributed by atoms with Crippen molar-refractivity contribution in [3.05, 3.63) is 93.3 Å². The van der Waals surface area contributed by atoms with Crippen LogP contribution in [0.15, 0.2) is 67.0 Å². The maximum atomic E-state index is 14.7. The summed E-state index contributed by atoms with van der Waals surface area (Å²) in [6.07, 6.45) is 4.96. The number of hydrogen-bond donors (Lipinski definition) is 0. The highest BCUT2D eigenvalue weighted by Crippen LogP contribution is 2.48. The van der Waals surface area contributed by atoms with Crippen molar-refractivity contribution in [2.24, 2.45) is 0 Å². The molecule has 3 heterocycles. The van der Waals surface area contributed by atoms with Gasteiger partial charge in [0.05, 0.1) is 12.1 Å². The maximum absolute atomic E-state index is 14.7. The quantitative estimate of drug-likeness (QED) is 0.338. The molecule has 1 fully saturated rings. The Balaban J connectivity index is 1.70. The van der Waals surface area contributed by atoms with Crippen LogP contribution in [0.4, 0.5) is 14.6 Å². The first-order chi connectivity index (χ1) is 14.1. The number of aromatic nitrogens is 3. The monoisotopic (exact) mass is 502 g/mol. The smallest absolute Gasteiger partial charge is 0.170 e. The Kier molecular flexibility index (Phi) is 4.69. The van der Waals surface area contributed by atoms with Gasteiger partial charge in [-0.25, -0.2) is 18.3 Å². The van der Waals surface area contributed by atoms with Crippen molar-refractivity contribution in [3.63, 3.8) is 0 Å². The average molecular weight is 502 g/mol. The normalized spacial score (nSPS) is 19.2. The highest BCUT2D eigenvalue weighted by Gasteiger charge is 2.40. The molecule has 29 heavy (non-hydrogen) atoms. The number of anilines is 1. The second-order valence-corrected chi connectivity index (χ2v) is 8.16. The fourth-order valence-corrected chi connectivity index (χ4v) is 4.99. The van der Waals surface area contributed by atoms with Gasteiger partial charge in [-0.2, -0.15) is 0 Å². The molecule has 0 spiro atoms. The summed E-state index contributed by atoms with van der Waals surface area (Å²) in [7, 11) is 0. The third-order valence-corrected chi connectivity index (χ3v) is 6.45. The van der Waals surface area contributed by atoms with Crippen molar-refractivity contribution in [2.75, 3.05) is 4.90 Å². The van der Waals surface area contributed by atoms with Crippen molar-refractivity contribution in [1.29, 1.82) is 0 Å². The van der Waals surface area contributed by atoms with E-state index in [0.29, 0.717) is 29.8 Å². The summed E-state index contributed by atoms with van der Waals surface area (Å²) >= 11 is 2.22. The minimum atomic E-state index is -0.256. The zero-order valence-electron chi connectivity index (χ0n) is 15.3. The van der Waals surface area contributed by atoms with Gasteiger partial charge in [0.15, 0.2) is 11.5 Å². The van der Waals surface area contributed by atoms with E-state index in [9.17, 15) is 8.78 Å². The van der Waals surface area contributed by atoms with Crippen LogP contribution >= 0.6 is 22.6 Å². The molecule has 1 saturated heterocycles. The molecule has 0 aliphatic carbocycles. The van der Waals surface area contributed by atoms with E-state index in [4.69, 9.17) is 5.10 Å².